The molecule has 0 aliphatic rings. The maximum Gasteiger partial charge on any atom is 0.264 e. The molecule has 38 heavy (non-hydrogen) atoms. The Hall–Kier alpha value is -4.05. The van der Waals surface area contributed by atoms with Crippen LogP contribution in [0.5, 0.6) is 11.5 Å². The van der Waals surface area contributed by atoms with Gasteiger partial charge in [-0.05, 0) is 67.9 Å². The van der Waals surface area contributed by atoms with Crippen molar-refractivity contribution in [3.8, 4) is 11.5 Å². The Labute approximate surface area is 224 Å². The number of hydrogen-bond acceptors (Lipinski definition) is 6. The Morgan fingerprint density at radius 2 is 1.39 bits per heavy atom. The summed E-state index contributed by atoms with van der Waals surface area (Å²) in [7, 11) is 0.429. The van der Waals surface area contributed by atoms with Crippen molar-refractivity contribution in [2.75, 3.05) is 32.1 Å². The average molecular weight is 540 g/mol. The predicted octanol–water partition coefficient (Wildman–Crippen LogP) is 3.37. The molecule has 1 unspecified atom stereocenters. The van der Waals surface area contributed by atoms with Crippen LogP contribution in [0.1, 0.15) is 18.1 Å². The number of nitrogens with zero attached hydrogens (tertiary/aromatic N) is 2. The summed E-state index contributed by atoms with van der Waals surface area (Å²) in [4.78, 5) is 27.7. The molecule has 0 saturated heterocycles. The molecule has 202 valence electrons. The van der Waals surface area contributed by atoms with Gasteiger partial charge in [0.05, 0.1) is 24.8 Å². The van der Waals surface area contributed by atoms with E-state index in [1.54, 1.807) is 74.7 Å². The Morgan fingerprint density at radius 1 is 0.868 bits per heavy atom. The summed E-state index contributed by atoms with van der Waals surface area (Å²) in [5.41, 5.74) is 1.95. The van der Waals surface area contributed by atoms with Gasteiger partial charge in [0, 0.05) is 13.6 Å². The Bertz CT molecular complexity index is 1340. The standard InChI is InChI=1S/C28H33N3O6S/c1-20-6-16-26(17-7-20)38(34,35)31(23-10-14-25(37-5)15-11-23)19-27(32)30(21(2)28(33)29-3)18-22-8-12-24(36-4)13-9-22/h6-17,21H,18-19H2,1-5H3,(H,29,33). The third kappa shape index (κ3) is 6.63. The van der Waals surface area contributed by atoms with E-state index in [2.05, 4.69) is 5.32 Å². The lowest BCUT2D eigenvalue weighted by atomic mass is 10.1. The minimum atomic E-state index is -4.12. The summed E-state index contributed by atoms with van der Waals surface area (Å²) in [5.74, 6) is 0.288. The van der Waals surface area contributed by atoms with E-state index in [-0.39, 0.29) is 23.0 Å². The van der Waals surface area contributed by atoms with Gasteiger partial charge in [0.25, 0.3) is 10.0 Å². The number of likely N-dealkylation sites (N-methyl/N-ethyl adjacent to an activating group) is 1. The highest BCUT2D eigenvalue weighted by molar-refractivity contribution is 7.92. The van der Waals surface area contributed by atoms with E-state index < -0.39 is 28.5 Å². The van der Waals surface area contributed by atoms with E-state index in [9.17, 15) is 18.0 Å². The van der Waals surface area contributed by atoms with Gasteiger partial charge in [0.15, 0.2) is 0 Å². The number of hydrogen-bond donors (Lipinski definition) is 1. The molecule has 0 aliphatic carbocycles. The fourth-order valence-electron chi connectivity index (χ4n) is 3.83. The van der Waals surface area contributed by atoms with E-state index >= 15 is 0 Å². The molecule has 3 rings (SSSR count). The first kappa shape index (κ1) is 28.5. The third-order valence-corrected chi connectivity index (χ3v) is 7.96. The number of benzene rings is 3. The van der Waals surface area contributed by atoms with Gasteiger partial charge < -0.3 is 19.7 Å². The van der Waals surface area contributed by atoms with Crippen LogP contribution in [0.15, 0.2) is 77.7 Å². The molecule has 1 N–H and O–H groups in total. The quantitative estimate of drug-likeness (QED) is 0.401. The molecule has 0 aliphatic heterocycles. The van der Waals surface area contributed by atoms with E-state index in [0.29, 0.717) is 11.5 Å². The molecule has 0 heterocycles. The van der Waals surface area contributed by atoms with Gasteiger partial charge in [-0.2, -0.15) is 0 Å². The van der Waals surface area contributed by atoms with E-state index in [0.717, 1.165) is 15.4 Å². The molecule has 3 aromatic rings. The minimum absolute atomic E-state index is 0.0489. The summed E-state index contributed by atoms with van der Waals surface area (Å²) in [6.07, 6.45) is 0. The van der Waals surface area contributed by atoms with Crippen LogP contribution < -0.4 is 19.1 Å². The van der Waals surface area contributed by atoms with Crippen LogP contribution in [0.3, 0.4) is 0 Å². The van der Waals surface area contributed by atoms with Crippen LogP contribution in [-0.2, 0) is 26.2 Å². The van der Waals surface area contributed by atoms with Gasteiger partial charge in [0.1, 0.15) is 24.1 Å². The van der Waals surface area contributed by atoms with Crippen LogP contribution in [0, 0.1) is 6.92 Å². The molecule has 0 spiro atoms. The van der Waals surface area contributed by atoms with Crippen molar-refractivity contribution in [3.05, 3.63) is 83.9 Å². The normalized spacial score (nSPS) is 11.8. The summed E-state index contributed by atoms with van der Waals surface area (Å²) in [5, 5.41) is 2.56. The van der Waals surface area contributed by atoms with Gasteiger partial charge >= 0.3 is 0 Å². The second-order valence-corrected chi connectivity index (χ2v) is 10.5. The van der Waals surface area contributed by atoms with Gasteiger partial charge in [-0.15, -0.1) is 0 Å². The average Bonchev–Trinajstić information content (AvgIpc) is 2.94. The molecule has 0 fully saturated rings. The number of nitrogens with one attached hydrogen (secondary N) is 1. The zero-order valence-corrected chi connectivity index (χ0v) is 23.0. The molecular formula is C28H33N3O6S. The molecule has 0 bridgehead atoms. The topological polar surface area (TPSA) is 105 Å². The molecule has 9 nitrogen and oxygen atoms in total. The number of ether oxygens (including phenoxy) is 2. The fourth-order valence-corrected chi connectivity index (χ4v) is 5.25. The summed E-state index contributed by atoms with van der Waals surface area (Å²) < 4.78 is 39.0. The van der Waals surface area contributed by atoms with Crippen molar-refractivity contribution in [2.24, 2.45) is 0 Å². The molecule has 0 radical (unpaired) electrons. The largest absolute Gasteiger partial charge is 0.497 e. The molecule has 10 heteroatoms. The van der Waals surface area contributed by atoms with Crippen molar-refractivity contribution in [1.82, 2.24) is 10.2 Å². The van der Waals surface area contributed by atoms with Crippen LogP contribution >= 0.6 is 0 Å². The van der Waals surface area contributed by atoms with Gasteiger partial charge in [0.2, 0.25) is 11.8 Å². The molecule has 0 saturated carbocycles. The Kier molecular flexibility index (Phi) is 9.35. The number of rotatable bonds is 11. The molecule has 1 atom stereocenters. The highest BCUT2D eigenvalue weighted by Crippen LogP contribution is 2.27. The van der Waals surface area contributed by atoms with E-state index in [1.807, 2.05) is 6.92 Å². The van der Waals surface area contributed by atoms with Crippen molar-refractivity contribution in [1.29, 1.82) is 0 Å². The van der Waals surface area contributed by atoms with Crippen LogP contribution in [0.4, 0.5) is 5.69 Å². The predicted molar refractivity (Wildman–Crippen MR) is 146 cm³/mol. The summed E-state index contributed by atoms with van der Waals surface area (Å²) in [6, 6.07) is 19.1. The molecule has 3 aromatic carbocycles. The lowest BCUT2D eigenvalue weighted by Gasteiger charge is -2.31. The Balaban J connectivity index is 2.01. The second-order valence-electron chi connectivity index (χ2n) is 8.68. The number of amides is 2. The monoisotopic (exact) mass is 539 g/mol. The molecule has 2 amide bonds. The van der Waals surface area contributed by atoms with Gasteiger partial charge in [-0.25, -0.2) is 8.42 Å². The smallest absolute Gasteiger partial charge is 0.264 e. The third-order valence-electron chi connectivity index (χ3n) is 6.17. The van der Waals surface area contributed by atoms with E-state index in [1.165, 1.54) is 31.2 Å². The van der Waals surface area contributed by atoms with Gasteiger partial charge in [-0.1, -0.05) is 29.8 Å². The number of carbonyl (C=O) groups excluding carboxylic acids is 2. The van der Waals surface area contributed by atoms with Crippen molar-refractivity contribution in [3.63, 3.8) is 0 Å². The minimum Gasteiger partial charge on any atom is -0.497 e. The van der Waals surface area contributed by atoms with Crippen LogP contribution in [-0.4, -0.2) is 59.0 Å². The lowest BCUT2D eigenvalue weighted by Crippen LogP contribution is -2.50. The SMILES string of the molecule is CNC(=O)C(C)N(Cc1ccc(OC)cc1)C(=O)CN(c1ccc(OC)cc1)S(=O)(=O)c1ccc(C)cc1. The van der Waals surface area contributed by atoms with Gasteiger partial charge in [-0.3, -0.25) is 13.9 Å². The number of methoxy groups -OCH3 is 2. The first-order valence-electron chi connectivity index (χ1n) is 12.0. The van der Waals surface area contributed by atoms with Crippen molar-refractivity contribution >= 4 is 27.5 Å². The number of sulfonamides is 1. The zero-order valence-electron chi connectivity index (χ0n) is 22.2. The maximum absolute atomic E-state index is 13.8. The molecular weight excluding hydrogens is 506 g/mol. The first-order valence-corrected chi connectivity index (χ1v) is 13.4. The zero-order chi connectivity index (χ0) is 27.9. The maximum atomic E-state index is 13.8. The lowest BCUT2D eigenvalue weighted by molar-refractivity contribution is -0.139. The number of carbonyl (C=O) groups is 2. The highest BCUT2D eigenvalue weighted by Gasteiger charge is 2.32. The second kappa shape index (κ2) is 12.5. The van der Waals surface area contributed by atoms with Crippen LogP contribution in [0.2, 0.25) is 0 Å². The highest BCUT2D eigenvalue weighted by atomic mass is 32.2. The summed E-state index contributed by atoms with van der Waals surface area (Å²) in [6.45, 7) is 3.04. The number of anilines is 1. The van der Waals surface area contributed by atoms with Crippen LogP contribution in [0.25, 0.3) is 0 Å². The molecule has 0 aromatic heterocycles. The fraction of sp³-hybridized carbons (Fsp3) is 0.286. The van der Waals surface area contributed by atoms with E-state index in [4.69, 9.17) is 9.47 Å². The summed E-state index contributed by atoms with van der Waals surface area (Å²) >= 11 is 0. The Morgan fingerprint density at radius 3 is 1.89 bits per heavy atom. The first-order chi connectivity index (χ1) is 18.1. The van der Waals surface area contributed by atoms with Crippen molar-refractivity contribution < 1.29 is 27.5 Å². The number of aryl methyl sites for hydroxylation is 1. The van der Waals surface area contributed by atoms with Crippen molar-refractivity contribution in [2.45, 2.75) is 31.3 Å².